The molecule has 1 amide bonds. The molecule has 98 valence electrons. The highest BCUT2D eigenvalue weighted by Crippen LogP contribution is 2.26. The smallest absolute Gasteiger partial charge is 0.275 e. The lowest BCUT2D eigenvalue weighted by atomic mass is 9.86. The molecule has 1 aliphatic carbocycles. The number of fused-ring (bicyclic) bond motifs is 1. The van der Waals surface area contributed by atoms with Gasteiger partial charge in [-0.15, -0.1) is 0 Å². The molecule has 0 heterocycles. The van der Waals surface area contributed by atoms with Crippen LogP contribution < -0.4 is 5.48 Å². The van der Waals surface area contributed by atoms with Crippen molar-refractivity contribution in [2.24, 2.45) is 0 Å². The molecule has 1 aromatic rings. The van der Waals surface area contributed by atoms with Crippen LogP contribution in [0.4, 0.5) is 0 Å². The van der Waals surface area contributed by atoms with E-state index >= 15 is 0 Å². The van der Waals surface area contributed by atoms with Crippen LogP contribution in [-0.2, 0) is 24.1 Å². The highest BCUT2D eigenvalue weighted by molar-refractivity contribution is 5.95. The molecule has 0 saturated carbocycles. The summed E-state index contributed by atoms with van der Waals surface area (Å²) in [6, 6.07) is 4.31. The second-order valence-electron chi connectivity index (χ2n) is 4.87. The molecule has 0 bridgehead atoms. The quantitative estimate of drug-likeness (QED) is 0.831. The molecule has 3 heteroatoms. The number of amides is 1. The first kappa shape index (κ1) is 13.1. The summed E-state index contributed by atoms with van der Waals surface area (Å²) in [5, 5.41) is 0. The predicted molar refractivity (Wildman–Crippen MR) is 71.6 cm³/mol. The van der Waals surface area contributed by atoms with E-state index in [1.165, 1.54) is 36.6 Å². The summed E-state index contributed by atoms with van der Waals surface area (Å²) >= 11 is 0. The van der Waals surface area contributed by atoms with Crippen LogP contribution in [0.3, 0.4) is 0 Å². The Bertz CT molecular complexity index is 440. The average Bonchev–Trinajstić information content (AvgIpc) is 2.38. The van der Waals surface area contributed by atoms with Crippen LogP contribution in [0, 0.1) is 0 Å². The van der Waals surface area contributed by atoms with Gasteiger partial charge >= 0.3 is 0 Å². The van der Waals surface area contributed by atoms with E-state index < -0.39 is 0 Å². The highest BCUT2D eigenvalue weighted by Gasteiger charge is 2.19. The minimum Gasteiger partial charge on any atom is -0.277 e. The van der Waals surface area contributed by atoms with Crippen molar-refractivity contribution in [2.45, 2.75) is 45.4 Å². The third-order valence-corrected chi connectivity index (χ3v) is 3.50. The third kappa shape index (κ3) is 2.72. The number of carbonyl (C=O) groups is 1. The molecule has 0 fully saturated rings. The van der Waals surface area contributed by atoms with Gasteiger partial charge in [0.15, 0.2) is 0 Å². The van der Waals surface area contributed by atoms with Gasteiger partial charge in [-0.25, -0.2) is 5.48 Å². The molecular weight excluding hydrogens is 226 g/mol. The largest absolute Gasteiger partial charge is 0.277 e. The van der Waals surface area contributed by atoms with Crippen molar-refractivity contribution < 1.29 is 9.63 Å². The zero-order valence-electron chi connectivity index (χ0n) is 11.2. The van der Waals surface area contributed by atoms with Gasteiger partial charge in [0.2, 0.25) is 0 Å². The number of nitrogens with one attached hydrogen (secondary N) is 1. The molecule has 3 nitrogen and oxygen atoms in total. The van der Waals surface area contributed by atoms with E-state index in [4.69, 9.17) is 4.84 Å². The number of hydrogen-bond donors (Lipinski definition) is 1. The van der Waals surface area contributed by atoms with Crippen molar-refractivity contribution in [3.63, 3.8) is 0 Å². The highest BCUT2D eigenvalue weighted by atomic mass is 16.6. The second kappa shape index (κ2) is 6.01. The van der Waals surface area contributed by atoms with E-state index in [0.717, 1.165) is 31.2 Å². The lowest BCUT2D eigenvalue weighted by Gasteiger charge is -2.20. The van der Waals surface area contributed by atoms with Crippen molar-refractivity contribution in [1.29, 1.82) is 0 Å². The number of carbonyl (C=O) groups excluding carboxylic acids is 1. The topological polar surface area (TPSA) is 38.3 Å². The van der Waals surface area contributed by atoms with Crippen molar-refractivity contribution in [3.05, 3.63) is 34.4 Å². The lowest BCUT2D eigenvalue weighted by molar-refractivity contribution is 0.0536. The van der Waals surface area contributed by atoms with Crippen LogP contribution in [-0.4, -0.2) is 13.0 Å². The Morgan fingerprint density at radius 2 is 2.11 bits per heavy atom. The first-order valence-electron chi connectivity index (χ1n) is 6.74. The Labute approximate surface area is 108 Å². The molecule has 1 N–H and O–H groups in total. The minimum atomic E-state index is -0.117. The van der Waals surface area contributed by atoms with E-state index in [0.29, 0.717) is 0 Å². The summed E-state index contributed by atoms with van der Waals surface area (Å²) in [6.07, 6.45) is 6.64. The van der Waals surface area contributed by atoms with Crippen molar-refractivity contribution in [1.82, 2.24) is 5.48 Å². The van der Waals surface area contributed by atoms with Gasteiger partial charge in [0, 0.05) is 5.56 Å². The number of hydrogen-bond acceptors (Lipinski definition) is 2. The third-order valence-electron chi connectivity index (χ3n) is 3.50. The maximum absolute atomic E-state index is 12.0. The Hall–Kier alpha value is -1.35. The molecule has 0 atom stereocenters. The maximum Gasteiger partial charge on any atom is 0.275 e. The molecule has 2 rings (SSSR count). The Morgan fingerprint density at radius 1 is 1.33 bits per heavy atom. The van der Waals surface area contributed by atoms with Gasteiger partial charge in [0.05, 0.1) is 7.11 Å². The van der Waals surface area contributed by atoms with Crippen LogP contribution in [0.25, 0.3) is 0 Å². The minimum absolute atomic E-state index is 0.117. The number of benzene rings is 1. The Morgan fingerprint density at radius 3 is 2.83 bits per heavy atom. The molecule has 0 aliphatic heterocycles. The molecule has 0 spiro atoms. The van der Waals surface area contributed by atoms with Gasteiger partial charge in [-0.1, -0.05) is 19.4 Å². The Balaban J connectivity index is 2.40. The molecule has 1 aromatic carbocycles. The fourth-order valence-electron chi connectivity index (χ4n) is 2.72. The normalized spacial score (nSPS) is 14.1. The first-order chi connectivity index (χ1) is 8.76. The number of aryl methyl sites for hydroxylation is 2. The number of hydroxylamine groups is 1. The van der Waals surface area contributed by atoms with Gasteiger partial charge in [0.1, 0.15) is 0 Å². The van der Waals surface area contributed by atoms with Crippen molar-refractivity contribution in [3.8, 4) is 0 Å². The molecule has 0 radical (unpaired) electrons. The monoisotopic (exact) mass is 247 g/mol. The summed E-state index contributed by atoms with van der Waals surface area (Å²) in [7, 11) is 1.47. The summed E-state index contributed by atoms with van der Waals surface area (Å²) in [5.41, 5.74) is 7.08. The van der Waals surface area contributed by atoms with Gasteiger partial charge in [-0.3, -0.25) is 9.63 Å². The van der Waals surface area contributed by atoms with E-state index in [2.05, 4.69) is 18.5 Å². The van der Waals surface area contributed by atoms with Crippen LogP contribution in [0.1, 0.15) is 53.2 Å². The second-order valence-corrected chi connectivity index (χ2v) is 4.87. The van der Waals surface area contributed by atoms with Crippen molar-refractivity contribution >= 4 is 5.91 Å². The molecule has 1 aliphatic rings. The zero-order valence-corrected chi connectivity index (χ0v) is 11.2. The van der Waals surface area contributed by atoms with Crippen molar-refractivity contribution in [2.75, 3.05) is 7.11 Å². The predicted octanol–water partition coefficient (Wildman–Crippen LogP) is 2.81. The molecule has 0 aromatic heterocycles. The zero-order chi connectivity index (χ0) is 13.0. The van der Waals surface area contributed by atoms with Crippen LogP contribution in [0.2, 0.25) is 0 Å². The summed E-state index contributed by atoms with van der Waals surface area (Å²) < 4.78 is 0. The van der Waals surface area contributed by atoms with E-state index in [1.807, 2.05) is 6.07 Å². The average molecular weight is 247 g/mol. The van der Waals surface area contributed by atoms with E-state index in [9.17, 15) is 4.79 Å². The molecule has 0 saturated heterocycles. The van der Waals surface area contributed by atoms with Gasteiger partial charge in [0.25, 0.3) is 5.91 Å². The molecule has 0 unspecified atom stereocenters. The van der Waals surface area contributed by atoms with Crippen LogP contribution in [0.5, 0.6) is 0 Å². The van der Waals surface area contributed by atoms with E-state index in [-0.39, 0.29) is 5.91 Å². The summed E-state index contributed by atoms with van der Waals surface area (Å²) in [6.45, 7) is 2.16. The first-order valence-corrected chi connectivity index (χ1v) is 6.74. The van der Waals surface area contributed by atoms with E-state index in [1.54, 1.807) is 0 Å². The fraction of sp³-hybridized carbons (Fsp3) is 0.533. The van der Waals surface area contributed by atoms with Crippen LogP contribution >= 0.6 is 0 Å². The van der Waals surface area contributed by atoms with Gasteiger partial charge < -0.3 is 0 Å². The summed E-state index contributed by atoms with van der Waals surface area (Å²) in [5.74, 6) is -0.117. The van der Waals surface area contributed by atoms with Crippen LogP contribution in [0.15, 0.2) is 12.1 Å². The van der Waals surface area contributed by atoms with Gasteiger partial charge in [-0.2, -0.15) is 0 Å². The fourth-order valence-corrected chi connectivity index (χ4v) is 2.72. The summed E-state index contributed by atoms with van der Waals surface area (Å²) in [4.78, 5) is 16.8. The lowest BCUT2D eigenvalue weighted by Crippen LogP contribution is -2.24. The number of rotatable bonds is 4. The maximum atomic E-state index is 12.0. The Kier molecular flexibility index (Phi) is 4.37. The standard InChI is InChI=1S/C15H21NO2/c1-3-6-11-9-12-7-4-5-8-13(12)14(10-11)15(17)16-18-2/h9-10H,3-8H2,1-2H3,(H,16,17). The van der Waals surface area contributed by atoms with Gasteiger partial charge in [-0.05, 0) is 54.9 Å². The SMILES string of the molecule is CCCc1cc2c(c(C(=O)NOC)c1)CCCC2. The molecule has 18 heavy (non-hydrogen) atoms. The molecular formula is C15H21NO2.